The Kier molecular flexibility index (Phi) is 5.46. The van der Waals surface area contributed by atoms with Crippen molar-refractivity contribution in [3.8, 4) is 5.75 Å². The predicted molar refractivity (Wildman–Crippen MR) is 102 cm³/mol. The molecule has 1 N–H and O–H groups in total. The Morgan fingerprint density at radius 3 is 2.76 bits per heavy atom. The molecular formula is C18H19BrN2O3S. The molecule has 132 valence electrons. The van der Waals surface area contributed by atoms with Gasteiger partial charge in [0.25, 0.3) is 0 Å². The van der Waals surface area contributed by atoms with Crippen LogP contribution in [0.4, 0.5) is 0 Å². The number of aromatic nitrogens is 1. The Morgan fingerprint density at radius 2 is 1.96 bits per heavy atom. The van der Waals surface area contributed by atoms with Gasteiger partial charge in [-0.1, -0.05) is 34.1 Å². The summed E-state index contributed by atoms with van der Waals surface area (Å²) in [5.41, 5.74) is 1.15. The van der Waals surface area contributed by atoms with Crippen LogP contribution in [0.3, 0.4) is 0 Å². The van der Waals surface area contributed by atoms with Gasteiger partial charge in [-0.3, -0.25) is 0 Å². The fraction of sp³-hybridized carbons (Fsp3) is 0.222. The minimum Gasteiger partial charge on any atom is -0.495 e. The van der Waals surface area contributed by atoms with Gasteiger partial charge in [-0.25, -0.2) is 13.1 Å². The molecule has 0 aliphatic heterocycles. The van der Waals surface area contributed by atoms with E-state index in [9.17, 15) is 8.42 Å². The van der Waals surface area contributed by atoms with Gasteiger partial charge in [-0.15, -0.1) is 0 Å². The van der Waals surface area contributed by atoms with Gasteiger partial charge in [0.1, 0.15) is 10.6 Å². The van der Waals surface area contributed by atoms with Crippen molar-refractivity contribution in [3.63, 3.8) is 0 Å². The Labute approximate surface area is 155 Å². The van der Waals surface area contributed by atoms with Crippen molar-refractivity contribution >= 4 is 36.9 Å². The second-order valence-electron chi connectivity index (χ2n) is 5.61. The van der Waals surface area contributed by atoms with Gasteiger partial charge in [-0.2, -0.15) is 0 Å². The summed E-state index contributed by atoms with van der Waals surface area (Å²) in [6.07, 6.45) is 2.71. The zero-order valence-electron chi connectivity index (χ0n) is 13.8. The van der Waals surface area contributed by atoms with E-state index in [1.807, 2.05) is 18.3 Å². The minimum atomic E-state index is -3.62. The number of fused-ring (bicyclic) bond motifs is 1. The molecule has 0 aliphatic rings. The smallest absolute Gasteiger partial charge is 0.244 e. The molecule has 1 aromatic heterocycles. The number of nitrogens with one attached hydrogen (secondary N) is 1. The third-order valence-electron chi connectivity index (χ3n) is 3.96. The van der Waals surface area contributed by atoms with Crippen LogP contribution >= 0.6 is 15.9 Å². The van der Waals surface area contributed by atoms with Gasteiger partial charge in [0.05, 0.1) is 7.11 Å². The fourth-order valence-corrected chi connectivity index (χ4v) is 4.51. The van der Waals surface area contributed by atoms with Crippen molar-refractivity contribution in [2.75, 3.05) is 13.7 Å². The SMILES string of the molecule is COc1ccc(Br)cc1S(=O)(=O)NCCCn1ccc2ccccc21. The number of para-hydroxylation sites is 1. The highest BCUT2D eigenvalue weighted by Gasteiger charge is 2.19. The highest BCUT2D eigenvalue weighted by atomic mass is 79.9. The van der Waals surface area contributed by atoms with E-state index in [2.05, 4.69) is 43.4 Å². The van der Waals surface area contributed by atoms with Crippen LogP contribution in [0.25, 0.3) is 10.9 Å². The maximum absolute atomic E-state index is 12.5. The molecule has 0 aliphatic carbocycles. The standard InChI is InChI=1S/C18H19BrN2O3S/c1-24-17-8-7-15(19)13-18(17)25(22,23)20-10-4-11-21-12-9-14-5-2-3-6-16(14)21/h2-3,5-9,12-13,20H,4,10-11H2,1H3. The largest absolute Gasteiger partial charge is 0.495 e. The number of aryl methyl sites for hydroxylation is 1. The van der Waals surface area contributed by atoms with Crippen LogP contribution in [0.1, 0.15) is 6.42 Å². The van der Waals surface area contributed by atoms with Crippen LogP contribution < -0.4 is 9.46 Å². The summed E-state index contributed by atoms with van der Waals surface area (Å²) in [5.74, 6) is 0.326. The first-order valence-corrected chi connectivity index (χ1v) is 10.2. The molecule has 7 heteroatoms. The number of hydrogen-bond donors (Lipinski definition) is 1. The van der Waals surface area contributed by atoms with E-state index in [1.165, 1.54) is 12.5 Å². The lowest BCUT2D eigenvalue weighted by Crippen LogP contribution is -2.26. The third-order valence-corrected chi connectivity index (χ3v) is 5.94. The normalized spacial score (nSPS) is 11.8. The average Bonchev–Trinajstić information content (AvgIpc) is 3.02. The maximum Gasteiger partial charge on any atom is 0.244 e. The molecule has 2 aromatic carbocycles. The zero-order chi connectivity index (χ0) is 17.9. The predicted octanol–water partition coefficient (Wildman–Crippen LogP) is 3.78. The van der Waals surface area contributed by atoms with E-state index in [-0.39, 0.29) is 4.90 Å². The summed E-state index contributed by atoms with van der Waals surface area (Å²) in [6, 6.07) is 15.1. The number of halogens is 1. The second kappa shape index (κ2) is 7.59. The molecule has 0 spiro atoms. The second-order valence-corrected chi connectivity index (χ2v) is 8.27. The van der Waals surface area contributed by atoms with Crippen molar-refractivity contribution in [2.45, 2.75) is 17.9 Å². The van der Waals surface area contributed by atoms with Crippen molar-refractivity contribution < 1.29 is 13.2 Å². The summed E-state index contributed by atoms with van der Waals surface area (Å²) in [6.45, 7) is 1.09. The van der Waals surface area contributed by atoms with Crippen LogP contribution in [-0.2, 0) is 16.6 Å². The summed E-state index contributed by atoms with van der Waals surface area (Å²) >= 11 is 3.30. The molecular weight excluding hydrogens is 404 g/mol. The van der Waals surface area contributed by atoms with Crippen LogP contribution in [0.2, 0.25) is 0 Å². The van der Waals surface area contributed by atoms with Gasteiger partial charge in [-0.05, 0) is 42.1 Å². The van der Waals surface area contributed by atoms with E-state index in [0.717, 1.165) is 12.1 Å². The highest BCUT2D eigenvalue weighted by Crippen LogP contribution is 2.27. The summed E-state index contributed by atoms with van der Waals surface area (Å²) in [4.78, 5) is 0.135. The molecule has 0 amide bonds. The average molecular weight is 423 g/mol. The topological polar surface area (TPSA) is 60.3 Å². The van der Waals surface area contributed by atoms with Crippen molar-refractivity contribution in [3.05, 3.63) is 59.2 Å². The van der Waals surface area contributed by atoms with Crippen LogP contribution in [0.5, 0.6) is 5.75 Å². The lowest BCUT2D eigenvalue weighted by molar-refractivity contribution is 0.402. The first-order chi connectivity index (χ1) is 12.0. The Hall–Kier alpha value is -1.83. The Balaban J connectivity index is 1.64. The molecule has 5 nitrogen and oxygen atoms in total. The van der Waals surface area contributed by atoms with Crippen molar-refractivity contribution in [1.29, 1.82) is 0 Å². The number of benzene rings is 2. The summed E-state index contributed by atoms with van der Waals surface area (Å²) in [7, 11) is -2.17. The number of methoxy groups -OCH3 is 1. The molecule has 0 saturated heterocycles. The fourth-order valence-electron chi connectivity index (χ4n) is 2.73. The first-order valence-electron chi connectivity index (χ1n) is 7.88. The third kappa shape index (κ3) is 4.05. The number of nitrogens with zero attached hydrogens (tertiary/aromatic N) is 1. The molecule has 1 heterocycles. The molecule has 0 unspecified atom stereocenters. The number of sulfonamides is 1. The molecule has 3 aromatic rings. The van der Waals surface area contributed by atoms with E-state index in [0.29, 0.717) is 23.2 Å². The summed E-state index contributed by atoms with van der Waals surface area (Å²) in [5, 5.41) is 1.18. The van der Waals surface area contributed by atoms with Crippen LogP contribution in [0.15, 0.2) is 64.1 Å². The van der Waals surface area contributed by atoms with E-state index < -0.39 is 10.0 Å². The molecule has 25 heavy (non-hydrogen) atoms. The first kappa shape index (κ1) is 18.0. The molecule has 0 radical (unpaired) electrons. The van der Waals surface area contributed by atoms with E-state index in [1.54, 1.807) is 18.2 Å². The number of hydrogen-bond acceptors (Lipinski definition) is 3. The minimum absolute atomic E-state index is 0.135. The van der Waals surface area contributed by atoms with Gasteiger partial charge < -0.3 is 9.30 Å². The number of rotatable bonds is 7. The Morgan fingerprint density at radius 1 is 1.16 bits per heavy atom. The van der Waals surface area contributed by atoms with Gasteiger partial charge in [0.15, 0.2) is 0 Å². The van der Waals surface area contributed by atoms with Gasteiger partial charge in [0, 0.05) is 29.3 Å². The monoisotopic (exact) mass is 422 g/mol. The lowest BCUT2D eigenvalue weighted by atomic mass is 10.2. The number of ether oxygens (including phenoxy) is 1. The molecule has 0 saturated carbocycles. The van der Waals surface area contributed by atoms with Crippen molar-refractivity contribution in [2.24, 2.45) is 0 Å². The molecule has 0 fully saturated rings. The van der Waals surface area contributed by atoms with Gasteiger partial charge >= 0.3 is 0 Å². The van der Waals surface area contributed by atoms with Crippen molar-refractivity contribution in [1.82, 2.24) is 9.29 Å². The van der Waals surface area contributed by atoms with Gasteiger partial charge in [0.2, 0.25) is 10.0 Å². The molecule has 3 rings (SSSR count). The van der Waals surface area contributed by atoms with Crippen LogP contribution in [-0.4, -0.2) is 26.6 Å². The van der Waals surface area contributed by atoms with E-state index in [4.69, 9.17) is 4.74 Å². The lowest BCUT2D eigenvalue weighted by Gasteiger charge is -2.11. The molecule has 0 atom stereocenters. The maximum atomic E-state index is 12.5. The van der Waals surface area contributed by atoms with E-state index >= 15 is 0 Å². The highest BCUT2D eigenvalue weighted by molar-refractivity contribution is 9.10. The molecule has 0 bridgehead atoms. The zero-order valence-corrected chi connectivity index (χ0v) is 16.2. The summed E-state index contributed by atoms with van der Waals surface area (Å²) < 4.78 is 35.7. The quantitative estimate of drug-likeness (QED) is 0.589. The van der Waals surface area contributed by atoms with Crippen LogP contribution in [0, 0.1) is 0 Å². The Bertz CT molecular complexity index is 983.